The van der Waals surface area contributed by atoms with E-state index in [9.17, 15) is 0 Å². The third-order valence-corrected chi connectivity index (χ3v) is 12.1. The molecule has 5 aliphatic carbocycles. The van der Waals surface area contributed by atoms with Gasteiger partial charge in [-0.1, -0.05) is 91.0 Å². The number of allylic oxidation sites excluding steroid dienone is 2. The second kappa shape index (κ2) is 7.92. The first-order chi connectivity index (χ1) is 22.8. The van der Waals surface area contributed by atoms with Gasteiger partial charge in [0.2, 0.25) is 0 Å². The van der Waals surface area contributed by atoms with Crippen molar-refractivity contribution in [3.8, 4) is 45.1 Å². The van der Waals surface area contributed by atoms with E-state index in [1.54, 1.807) is 11.1 Å². The zero-order valence-corrected chi connectivity index (χ0v) is 25.1. The van der Waals surface area contributed by atoms with Crippen LogP contribution in [0.5, 0.6) is 11.5 Å². The third kappa shape index (κ3) is 2.63. The summed E-state index contributed by atoms with van der Waals surface area (Å²) in [5.74, 6) is 4.22. The molecular weight excluding hydrogens is 560 g/mol. The van der Waals surface area contributed by atoms with Crippen LogP contribution in [0.1, 0.15) is 46.2 Å². The van der Waals surface area contributed by atoms with Crippen molar-refractivity contribution >= 4 is 5.57 Å². The number of nitrogens with zero attached hydrogens (tertiary/aromatic N) is 2. The Bertz CT molecular complexity index is 2390. The van der Waals surface area contributed by atoms with E-state index < -0.39 is 0 Å². The van der Waals surface area contributed by atoms with Crippen molar-refractivity contribution in [1.82, 2.24) is 9.97 Å². The van der Waals surface area contributed by atoms with Crippen LogP contribution < -0.4 is 4.74 Å². The predicted octanol–water partition coefficient (Wildman–Crippen LogP) is 9.53. The molecule has 5 aromatic carbocycles. The maximum absolute atomic E-state index is 6.91. The van der Waals surface area contributed by atoms with Crippen molar-refractivity contribution in [3.63, 3.8) is 0 Å². The van der Waals surface area contributed by atoms with Crippen LogP contribution in [0.15, 0.2) is 127 Å². The fraction of sp³-hybridized carbons (Fsp3) is 0.163. The summed E-state index contributed by atoms with van der Waals surface area (Å²) in [4.78, 5) is 9.83. The number of benzene rings is 5. The van der Waals surface area contributed by atoms with Gasteiger partial charge in [0.1, 0.15) is 11.5 Å². The molecule has 2 spiro atoms. The number of para-hydroxylation sites is 1. The largest absolute Gasteiger partial charge is 0.457 e. The lowest BCUT2D eigenvalue weighted by Gasteiger charge is -2.39. The Labute approximate surface area is 267 Å². The van der Waals surface area contributed by atoms with E-state index in [2.05, 4.69) is 103 Å². The van der Waals surface area contributed by atoms with Crippen molar-refractivity contribution in [2.75, 3.05) is 0 Å². The number of hydrogen-bond donors (Lipinski definition) is 0. The molecule has 4 unspecified atom stereocenters. The fourth-order valence-electron chi connectivity index (χ4n) is 10.5. The van der Waals surface area contributed by atoms with E-state index in [4.69, 9.17) is 14.7 Å². The fourth-order valence-corrected chi connectivity index (χ4v) is 10.5. The molecule has 1 saturated carbocycles. The maximum Gasteiger partial charge on any atom is 0.159 e. The predicted molar refractivity (Wildman–Crippen MR) is 180 cm³/mol. The van der Waals surface area contributed by atoms with Gasteiger partial charge in [0.05, 0.1) is 5.41 Å². The zero-order chi connectivity index (χ0) is 29.8. The van der Waals surface area contributed by atoms with Crippen LogP contribution in [0, 0.1) is 11.8 Å². The standard InChI is InChI=1S/C43H28N2O/c1-2-8-24(9-3-1)28-22-44-41(45-23-28)25-14-15-29-30-16-17-36-39-38(30)43(34(29)19-25)33-12-6-5-11-31(33)37-32-18-27(32)21-42(39,40(37)43)20-26-10-4-7-13-35(26)46-36/h1-17,19,22-23,27,32H,18,20-21H2. The minimum absolute atomic E-state index is 0.0825. The Hall–Kier alpha value is -5.28. The van der Waals surface area contributed by atoms with Gasteiger partial charge in [-0.15, -0.1) is 0 Å². The first kappa shape index (κ1) is 24.0. The highest BCUT2D eigenvalue weighted by Gasteiger charge is 2.71. The molecule has 1 fully saturated rings. The van der Waals surface area contributed by atoms with Gasteiger partial charge in [-0.3, -0.25) is 0 Å². The Morgan fingerprint density at radius 2 is 1.43 bits per heavy atom. The summed E-state index contributed by atoms with van der Waals surface area (Å²) < 4.78 is 6.91. The van der Waals surface area contributed by atoms with Gasteiger partial charge in [-0.25, -0.2) is 9.97 Å². The molecular formula is C43H28N2O. The summed E-state index contributed by atoms with van der Waals surface area (Å²) in [6.45, 7) is 0. The van der Waals surface area contributed by atoms with E-state index in [1.807, 2.05) is 18.5 Å². The highest BCUT2D eigenvalue weighted by molar-refractivity contribution is 6.02. The highest BCUT2D eigenvalue weighted by Crippen LogP contribution is 2.80. The summed E-state index contributed by atoms with van der Waals surface area (Å²) in [6, 6.07) is 40.1. The van der Waals surface area contributed by atoms with Crippen LogP contribution in [-0.4, -0.2) is 9.97 Å². The number of fused-ring (bicyclic) bond motifs is 7. The second-order valence-electron chi connectivity index (χ2n) is 14.1. The number of aromatic nitrogens is 2. The molecule has 3 heteroatoms. The van der Waals surface area contributed by atoms with Crippen LogP contribution in [0.4, 0.5) is 0 Å². The second-order valence-corrected chi connectivity index (χ2v) is 14.1. The topological polar surface area (TPSA) is 35.0 Å². The van der Waals surface area contributed by atoms with Crippen LogP contribution in [0.25, 0.3) is 39.2 Å². The first-order valence-electron chi connectivity index (χ1n) is 16.6. The molecule has 216 valence electrons. The van der Waals surface area contributed by atoms with Crippen LogP contribution in [0.3, 0.4) is 0 Å². The maximum atomic E-state index is 6.91. The molecule has 6 aromatic rings. The highest BCUT2D eigenvalue weighted by atomic mass is 16.5. The lowest BCUT2D eigenvalue weighted by molar-refractivity contribution is 0.409. The summed E-state index contributed by atoms with van der Waals surface area (Å²) in [7, 11) is 0. The van der Waals surface area contributed by atoms with Crippen molar-refractivity contribution < 1.29 is 4.74 Å². The van der Waals surface area contributed by atoms with Gasteiger partial charge in [0.25, 0.3) is 0 Å². The molecule has 2 heterocycles. The molecule has 1 aromatic heterocycles. The van der Waals surface area contributed by atoms with Gasteiger partial charge in [-0.2, -0.15) is 0 Å². The van der Waals surface area contributed by atoms with E-state index in [0.717, 1.165) is 46.4 Å². The molecule has 6 aliphatic rings. The van der Waals surface area contributed by atoms with Gasteiger partial charge in [0.15, 0.2) is 5.82 Å². The Morgan fingerprint density at radius 3 is 2.35 bits per heavy atom. The minimum Gasteiger partial charge on any atom is -0.457 e. The van der Waals surface area contributed by atoms with Crippen LogP contribution >= 0.6 is 0 Å². The molecule has 1 aliphatic heterocycles. The number of hydrogen-bond acceptors (Lipinski definition) is 3. The van der Waals surface area contributed by atoms with Crippen LogP contribution in [-0.2, 0) is 17.3 Å². The van der Waals surface area contributed by atoms with E-state index in [-0.39, 0.29) is 10.8 Å². The SMILES string of the molecule is c1ccc(-c2cnc(-c3ccc4c(c3)C35C6=C(c7ccccc73)C3CC3CC63Cc6ccccc6Oc6ccc-4c5c63)nc2)cc1. The average Bonchev–Trinajstić information content (AvgIpc) is 3.68. The Balaban J connectivity index is 1.15. The summed E-state index contributed by atoms with van der Waals surface area (Å²) >= 11 is 0. The van der Waals surface area contributed by atoms with Crippen molar-refractivity contribution in [2.24, 2.45) is 11.8 Å². The lowest BCUT2D eigenvalue weighted by Crippen LogP contribution is -2.36. The van der Waals surface area contributed by atoms with Crippen molar-refractivity contribution in [2.45, 2.75) is 30.1 Å². The third-order valence-electron chi connectivity index (χ3n) is 12.1. The first-order valence-corrected chi connectivity index (χ1v) is 16.6. The quantitative estimate of drug-likeness (QED) is 0.202. The molecule has 3 nitrogen and oxygen atoms in total. The van der Waals surface area contributed by atoms with Crippen molar-refractivity contribution in [3.05, 3.63) is 161 Å². The van der Waals surface area contributed by atoms with Gasteiger partial charge < -0.3 is 4.74 Å². The average molecular weight is 589 g/mol. The van der Waals surface area contributed by atoms with Gasteiger partial charge >= 0.3 is 0 Å². The molecule has 12 rings (SSSR count). The monoisotopic (exact) mass is 588 g/mol. The smallest absolute Gasteiger partial charge is 0.159 e. The van der Waals surface area contributed by atoms with Gasteiger partial charge in [0, 0.05) is 34.5 Å². The van der Waals surface area contributed by atoms with E-state index in [1.165, 1.54) is 57.3 Å². The molecule has 0 saturated heterocycles. The summed E-state index contributed by atoms with van der Waals surface area (Å²) in [5.41, 5.74) is 17.4. The zero-order valence-electron chi connectivity index (χ0n) is 25.1. The Morgan fingerprint density at radius 1 is 0.630 bits per heavy atom. The normalized spacial score (nSPS) is 25.8. The molecule has 4 atom stereocenters. The summed E-state index contributed by atoms with van der Waals surface area (Å²) in [6.07, 6.45) is 7.41. The van der Waals surface area contributed by atoms with E-state index in [0.29, 0.717) is 5.92 Å². The Kier molecular flexibility index (Phi) is 4.13. The molecule has 46 heavy (non-hydrogen) atoms. The minimum atomic E-state index is -0.314. The molecule has 0 radical (unpaired) electrons. The molecule has 0 bridgehead atoms. The number of ether oxygens (including phenoxy) is 1. The van der Waals surface area contributed by atoms with Crippen molar-refractivity contribution in [1.29, 1.82) is 0 Å². The van der Waals surface area contributed by atoms with E-state index >= 15 is 0 Å². The lowest BCUT2D eigenvalue weighted by atomic mass is 9.62. The van der Waals surface area contributed by atoms with Gasteiger partial charge in [-0.05, 0) is 105 Å². The van der Waals surface area contributed by atoms with Crippen LogP contribution in [0.2, 0.25) is 0 Å². The number of rotatable bonds is 2. The summed E-state index contributed by atoms with van der Waals surface area (Å²) in [5, 5.41) is 0. The molecule has 0 amide bonds. The molecule has 0 N–H and O–H groups in total.